The first-order valence-corrected chi connectivity index (χ1v) is 7.05. The number of nitrogens with zero attached hydrogens (tertiary/aromatic N) is 2. The standard InChI is InChI=1S/C15H25N3/c1-3-8-17-9-11-18(12-10-17)15-7-5-4-6-14(15)13-16-2/h4-7,16H,3,8-13H2,1-2H3. The number of nitrogens with one attached hydrogen (secondary N) is 1. The monoisotopic (exact) mass is 247 g/mol. The summed E-state index contributed by atoms with van der Waals surface area (Å²) in [5.74, 6) is 0. The molecule has 1 aromatic carbocycles. The van der Waals surface area contributed by atoms with Gasteiger partial charge in [0.2, 0.25) is 0 Å². The average molecular weight is 247 g/mol. The molecule has 0 aromatic heterocycles. The van der Waals surface area contributed by atoms with Crippen LogP contribution in [0.3, 0.4) is 0 Å². The van der Waals surface area contributed by atoms with E-state index >= 15 is 0 Å². The molecule has 0 unspecified atom stereocenters. The lowest BCUT2D eigenvalue weighted by Gasteiger charge is -2.37. The topological polar surface area (TPSA) is 18.5 Å². The van der Waals surface area contributed by atoms with Crippen molar-refractivity contribution in [2.75, 3.05) is 44.7 Å². The van der Waals surface area contributed by atoms with E-state index in [9.17, 15) is 0 Å². The van der Waals surface area contributed by atoms with Crippen LogP contribution >= 0.6 is 0 Å². The first-order valence-electron chi connectivity index (χ1n) is 7.05. The second-order valence-electron chi connectivity index (χ2n) is 4.99. The SMILES string of the molecule is CCCN1CCN(c2ccccc2CNC)CC1. The van der Waals surface area contributed by atoms with Gasteiger partial charge in [0.05, 0.1) is 0 Å². The van der Waals surface area contributed by atoms with Crippen molar-refractivity contribution in [3.05, 3.63) is 29.8 Å². The first kappa shape index (κ1) is 13.4. The van der Waals surface area contributed by atoms with Gasteiger partial charge in [0.1, 0.15) is 0 Å². The lowest BCUT2D eigenvalue weighted by Crippen LogP contribution is -2.46. The summed E-state index contributed by atoms with van der Waals surface area (Å²) in [5.41, 5.74) is 2.81. The Bertz CT molecular complexity index is 357. The van der Waals surface area contributed by atoms with Gasteiger partial charge < -0.3 is 10.2 Å². The number of rotatable bonds is 5. The maximum absolute atomic E-state index is 3.26. The molecule has 0 amide bonds. The van der Waals surface area contributed by atoms with Gasteiger partial charge in [-0.1, -0.05) is 25.1 Å². The fourth-order valence-corrected chi connectivity index (χ4v) is 2.69. The normalized spacial score (nSPS) is 17.1. The summed E-state index contributed by atoms with van der Waals surface area (Å²) in [4.78, 5) is 5.09. The zero-order valence-corrected chi connectivity index (χ0v) is 11.7. The Morgan fingerprint density at radius 1 is 1.11 bits per heavy atom. The van der Waals surface area contributed by atoms with E-state index in [0.717, 1.165) is 19.6 Å². The number of benzene rings is 1. The smallest absolute Gasteiger partial charge is 0.0412 e. The van der Waals surface area contributed by atoms with E-state index in [1.807, 2.05) is 7.05 Å². The predicted octanol–water partition coefficient (Wildman–Crippen LogP) is 1.94. The molecule has 0 atom stereocenters. The van der Waals surface area contributed by atoms with Gasteiger partial charge in [-0.3, -0.25) is 4.90 Å². The molecule has 1 aliphatic rings. The van der Waals surface area contributed by atoms with E-state index in [0.29, 0.717) is 0 Å². The Labute approximate surface area is 111 Å². The summed E-state index contributed by atoms with van der Waals surface area (Å²) in [6.07, 6.45) is 1.26. The van der Waals surface area contributed by atoms with Gasteiger partial charge in [-0.15, -0.1) is 0 Å². The Balaban J connectivity index is 2.00. The molecular weight excluding hydrogens is 222 g/mol. The Morgan fingerprint density at radius 3 is 2.50 bits per heavy atom. The molecule has 1 fully saturated rings. The van der Waals surface area contributed by atoms with E-state index in [2.05, 4.69) is 46.3 Å². The largest absolute Gasteiger partial charge is 0.369 e. The number of para-hydroxylation sites is 1. The van der Waals surface area contributed by atoms with Crippen molar-refractivity contribution in [1.29, 1.82) is 0 Å². The summed E-state index contributed by atoms with van der Waals surface area (Å²) in [5, 5.41) is 3.26. The molecule has 0 radical (unpaired) electrons. The fraction of sp³-hybridized carbons (Fsp3) is 0.600. The molecule has 1 aliphatic heterocycles. The minimum Gasteiger partial charge on any atom is -0.369 e. The molecule has 0 saturated carbocycles. The lowest BCUT2D eigenvalue weighted by molar-refractivity contribution is 0.258. The predicted molar refractivity (Wildman–Crippen MR) is 78.1 cm³/mol. The van der Waals surface area contributed by atoms with Crippen LogP contribution < -0.4 is 10.2 Å². The van der Waals surface area contributed by atoms with Crippen LogP contribution in [0, 0.1) is 0 Å². The van der Waals surface area contributed by atoms with Crippen molar-refractivity contribution in [3.63, 3.8) is 0 Å². The third-order valence-electron chi connectivity index (χ3n) is 3.61. The summed E-state index contributed by atoms with van der Waals surface area (Å²) in [7, 11) is 2.01. The van der Waals surface area contributed by atoms with Gasteiger partial charge in [-0.2, -0.15) is 0 Å². The molecule has 3 nitrogen and oxygen atoms in total. The van der Waals surface area contributed by atoms with Crippen LogP contribution in [-0.4, -0.2) is 44.7 Å². The van der Waals surface area contributed by atoms with Crippen molar-refractivity contribution in [3.8, 4) is 0 Å². The maximum atomic E-state index is 3.26. The van der Waals surface area contributed by atoms with Crippen LogP contribution in [0.1, 0.15) is 18.9 Å². The molecule has 1 aromatic rings. The second kappa shape index (κ2) is 6.76. The van der Waals surface area contributed by atoms with Crippen molar-refractivity contribution >= 4 is 5.69 Å². The van der Waals surface area contributed by atoms with Crippen molar-refractivity contribution < 1.29 is 0 Å². The highest BCUT2D eigenvalue weighted by atomic mass is 15.3. The third kappa shape index (κ3) is 3.24. The Hall–Kier alpha value is -1.06. The lowest BCUT2D eigenvalue weighted by atomic mass is 10.1. The van der Waals surface area contributed by atoms with Gasteiger partial charge in [0.25, 0.3) is 0 Å². The molecule has 0 aliphatic carbocycles. The van der Waals surface area contributed by atoms with Gasteiger partial charge in [0.15, 0.2) is 0 Å². The summed E-state index contributed by atoms with van der Waals surface area (Å²) >= 11 is 0. The zero-order valence-electron chi connectivity index (χ0n) is 11.7. The van der Waals surface area contributed by atoms with Gasteiger partial charge in [0, 0.05) is 38.4 Å². The summed E-state index contributed by atoms with van der Waals surface area (Å²) in [6.45, 7) is 9.15. The molecule has 18 heavy (non-hydrogen) atoms. The summed E-state index contributed by atoms with van der Waals surface area (Å²) < 4.78 is 0. The van der Waals surface area contributed by atoms with Crippen LogP contribution in [-0.2, 0) is 6.54 Å². The number of anilines is 1. The van der Waals surface area contributed by atoms with E-state index in [1.165, 1.54) is 37.3 Å². The van der Waals surface area contributed by atoms with Gasteiger partial charge in [-0.05, 0) is 31.6 Å². The van der Waals surface area contributed by atoms with E-state index in [-0.39, 0.29) is 0 Å². The van der Waals surface area contributed by atoms with Gasteiger partial charge >= 0.3 is 0 Å². The molecule has 100 valence electrons. The van der Waals surface area contributed by atoms with E-state index in [1.54, 1.807) is 0 Å². The van der Waals surface area contributed by atoms with Crippen LogP contribution in [0.15, 0.2) is 24.3 Å². The fourth-order valence-electron chi connectivity index (χ4n) is 2.69. The number of piperazine rings is 1. The quantitative estimate of drug-likeness (QED) is 0.858. The summed E-state index contributed by atoms with van der Waals surface area (Å²) in [6, 6.07) is 8.75. The molecule has 1 N–H and O–H groups in total. The molecule has 0 spiro atoms. The second-order valence-corrected chi connectivity index (χ2v) is 4.99. The third-order valence-corrected chi connectivity index (χ3v) is 3.61. The maximum Gasteiger partial charge on any atom is 0.0412 e. The highest BCUT2D eigenvalue weighted by Gasteiger charge is 2.17. The molecule has 1 heterocycles. The van der Waals surface area contributed by atoms with Crippen molar-refractivity contribution in [1.82, 2.24) is 10.2 Å². The average Bonchev–Trinajstić information content (AvgIpc) is 2.41. The van der Waals surface area contributed by atoms with Crippen LogP contribution in [0.5, 0.6) is 0 Å². The molecule has 2 rings (SSSR count). The van der Waals surface area contributed by atoms with Crippen molar-refractivity contribution in [2.24, 2.45) is 0 Å². The molecular formula is C15H25N3. The Morgan fingerprint density at radius 2 is 1.83 bits per heavy atom. The number of hydrogen-bond donors (Lipinski definition) is 1. The Kier molecular flexibility index (Phi) is 5.02. The first-order chi connectivity index (χ1) is 8.85. The van der Waals surface area contributed by atoms with Crippen LogP contribution in [0.4, 0.5) is 5.69 Å². The zero-order chi connectivity index (χ0) is 12.8. The molecule has 3 heteroatoms. The van der Waals surface area contributed by atoms with Crippen LogP contribution in [0.25, 0.3) is 0 Å². The minimum absolute atomic E-state index is 0.950. The van der Waals surface area contributed by atoms with E-state index in [4.69, 9.17) is 0 Å². The van der Waals surface area contributed by atoms with Crippen LogP contribution in [0.2, 0.25) is 0 Å². The van der Waals surface area contributed by atoms with Gasteiger partial charge in [-0.25, -0.2) is 0 Å². The van der Waals surface area contributed by atoms with E-state index < -0.39 is 0 Å². The molecule has 0 bridgehead atoms. The number of hydrogen-bond acceptors (Lipinski definition) is 3. The highest BCUT2D eigenvalue weighted by Crippen LogP contribution is 2.21. The minimum atomic E-state index is 0.950. The molecule has 1 saturated heterocycles. The highest BCUT2D eigenvalue weighted by molar-refractivity contribution is 5.54. The van der Waals surface area contributed by atoms with Crippen molar-refractivity contribution in [2.45, 2.75) is 19.9 Å².